The molecule has 1 aromatic rings. The van der Waals surface area contributed by atoms with Crippen LogP contribution in [0, 0.1) is 11.7 Å². The predicted octanol–water partition coefficient (Wildman–Crippen LogP) is 1.61. The zero-order valence-corrected chi connectivity index (χ0v) is 15.4. The van der Waals surface area contributed by atoms with Crippen LogP contribution in [0.25, 0.3) is 0 Å². The third-order valence-electron chi connectivity index (χ3n) is 6.04. The van der Waals surface area contributed by atoms with Gasteiger partial charge in [0.15, 0.2) is 6.04 Å². The minimum Gasteiger partial charge on any atom is -0.360 e. The average Bonchev–Trinajstić information content (AvgIpc) is 2.64. The summed E-state index contributed by atoms with van der Waals surface area (Å²) >= 11 is 0. The molecular weight excluding hydrogens is 317 g/mol. The molecular formula is C20H31FN3O+. The summed E-state index contributed by atoms with van der Waals surface area (Å²) in [6.45, 7) is 7.98. The first-order valence-corrected chi connectivity index (χ1v) is 9.70. The van der Waals surface area contributed by atoms with Gasteiger partial charge in [0.05, 0.1) is 26.2 Å². The normalized spacial score (nSPS) is 26.3. The van der Waals surface area contributed by atoms with Gasteiger partial charge in [-0.2, -0.15) is 0 Å². The van der Waals surface area contributed by atoms with E-state index in [-0.39, 0.29) is 17.8 Å². The number of anilines is 1. The highest BCUT2D eigenvalue weighted by molar-refractivity contribution is 5.80. The third-order valence-corrected chi connectivity index (χ3v) is 6.04. The molecule has 1 saturated heterocycles. The fraction of sp³-hybridized carbons (Fsp3) is 0.650. The lowest BCUT2D eigenvalue weighted by Crippen LogP contribution is -3.19. The summed E-state index contributed by atoms with van der Waals surface area (Å²) in [6.07, 6.45) is 4.86. The van der Waals surface area contributed by atoms with Crippen LogP contribution >= 0.6 is 0 Å². The summed E-state index contributed by atoms with van der Waals surface area (Å²) in [5.41, 5.74) is 1.06. The smallest absolute Gasteiger partial charge is 0.278 e. The molecule has 1 saturated carbocycles. The van der Waals surface area contributed by atoms with Crippen LogP contribution in [-0.2, 0) is 4.79 Å². The number of piperazine rings is 1. The molecule has 0 spiro atoms. The number of hydrogen-bond acceptors (Lipinski definition) is 2. The Morgan fingerprint density at radius 2 is 1.84 bits per heavy atom. The van der Waals surface area contributed by atoms with Gasteiger partial charge in [-0.3, -0.25) is 4.79 Å². The topological polar surface area (TPSA) is 36.8 Å². The van der Waals surface area contributed by atoms with Crippen molar-refractivity contribution in [3.8, 4) is 0 Å². The molecule has 3 atom stereocenters. The molecule has 2 N–H and O–H groups in total. The van der Waals surface area contributed by atoms with Crippen molar-refractivity contribution in [2.24, 2.45) is 5.92 Å². The molecule has 1 aliphatic carbocycles. The second-order valence-electron chi connectivity index (χ2n) is 7.72. The zero-order valence-electron chi connectivity index (χ0n) is 15.4. The Labute approximate surface area is 150 Å². The van der Waals surface area contributed by atoms with Gasteiger partial charge < -0.3 is 15.1 Å². The minimum absolute atomic E-state index is 0.00973. The lowest BCUT2D eigenvalue weighted by Gasteiger charge is -2.37. The number of halogens is 1. The third kappa shape index (κ3) is 4.51. The Morgan fingerprint density at radius 1 is 1.20 bits per heavy atom. The van der Waals surface area contributed by atoms with Crippen molar-refractivity contribution in [3.63, 3.8) is 0 Å². The van der Waals surface area contributed by atoms with E-state index in [1.807, 2.05) is 19.1 Å². The first-order chi connectivity index (χ1) is 12.0. The van der Waals surface area contributed by atoms with E-state index in [2.05, 4.69) is 17.1 Å². The maximum atomic E-state index is 13.1. The summed E-state index contributed by atoms with van der Waals surface area (Å²) in [6, 6.07) is 7.03. The standard InChI is InChI=1S/C20H30FN3O/c1-15-5-3-4-6-19(15)22-20(25)16(2)23-11-13-24(14-12-23)18-9-7-17(21)8-10-18/h7-10,15-16,19H,3-6,11-14H2,1-2H3,(H,22,25)/p+1/t15-,16+,19-/m0/s1. The molecule has 0 bridgehead atoms. The van der Waals surface area contributed by atoms with Gasteiger partial charge in [0.2, 0.25) is 0 Å². The number of benzene rings is 1. The van der Waals surface area contributed by atoms with E-state index in [9.17, 15) is 9.18 Å². The second kappa shape index (κ2) is 8.17. The van der Waals surface area contributed by atoms with Crippen LogP contribution in [0.2, 0.25) is 0 Å². The Bertz CT molecular complexity index is 569. The van der Waals surface area contributed by atoms with Crippen LogP contribution < -0.4 is 15.1 Å². The van der Waals surface area contributed by atoms with Crippen LogP contribution in [0.5, 0.6) is 0 Å². The SMILES string of the molecule is C[C@H](C(=O)N[C@H]1CCCC[C@@H]1C)[NH+]1CCN(c2ccc(F)cc2)CC1. The molecule has 0 radical (unpaired) electrons. The van der Waals surface area contributed by atoms with E-state index in [1.165, 1.54) is 36.3 Å². The molecule has 1 aromatic carbocycles. The molecule has 138 valence electrons. The largest absolute Gasteiger partial charge is 0.360 e. The van der Waals surface area contributed by atoms with Crippen molar-refractivity contribution in [1.29, 1.82) is 0 Å². The van der Waals surface area contributed by atoms with Crippen LogP contribution in [0.1, 0.15) is 39.5 Å². The van der Waals surface area contributed by atoms with Crippen LogP contribution in [0.15, 0.2) is 24.3 Å². The first kappa shape index (κ1) is 18.2. The van der Waals surface area contributed by atoms with E-state index in [1.54, 1.807) is 0 Å². The Kier molecular flexibility index (Phi) is 5.94. The highest BCUT2D eigenvalue weighted by Crippen LogP contribution is 2.23. The molecule has 2 aliphatic rings. The zero-order chi connectivity index (χ0) is 17.8. The lowest BCUT2D eigenvalue weighted by atomic mass is 9.86. The number of rotatable bonds is 4. The fourth-order valence-corrected chi connectivity index (χ4v) is 4.16. The molecule has 0 unspecified atom stereocenters. The van der Waals surface area contributed by atoms with Crippen molar-refractivity contribution in [1.82, 2.24) is 5.32 Å². The van der Waals surface area contributed by atoms with Crippen molar-refractivity contribution < 1.29 is 14.1 Å². The molecule has 25 heavy (non-hydrogen) atoms. The molecule has 1 aliphatic heterocycles. The number of carbonyl (C=O) groups is 1. The summed E-state index contributed by atoms with van der Waals surface area (Å²) < 4.78 is 13.1. The van der Waals surface area contributed by atoms with E-state index < -0.39 is 0 Å². The van der Waals surface area contributed by atoms with E-state index in [0.717, 1.165) is 38.3 Å². The van der Waals surface area contributed by atoms with Gasteiger partial charge in [-0.05, 0) is 49.9 Å². The molecule has 1 amide bonds. The van der Waals surface area contributed by atoms with Crippen LogP contribution in [0.4, 0.5) is 10.1 Å². The van der Waals surface area contributed by atoms with Crippen molar-refractivity contribution in [2.45, 2.75) is 51.6 Å². The summed E-state index contributed by atoms with van der Waals surface area (Å²) in [5, 5.41) is 3.30. The molecule has 1 heterocycles. The molecule has 4 nitrogen and oxygen atoms in total. The van der Waals surface area contributed by atoms with Crippen molar-refractivity contribution in [2.75, 3.05) is 31.1 Å². The quantitative estimate of drug-likeness (QED) is 0.867. The van der Waals surface area contributed by atoms with Crippen LogP contribution in [-0.4, -0.2) is 44.2 Å². The maximum absolute atomic E-state index is 13.1. The van der Waals surface area contributed by atoms with Gasteiger partial charge >= 0.3 is 0 Å². The molecule has 2 fully saturated rings. The first-order valence-electron chi connectivity index (χ1n) is 9.70. The fourth-order valence-electron chi connectivity index (χ4n) is 4.16. The van der Waals surface area contributed by atoms with Gasteiger partial charge in [-0.1, -0.05) is 19.8 Å². The Hall–Kier alpha value is -1.62. The van der Waals surface area contributed by atoms with Gasteiger partial charge in [0.25, 0.3) is 5.91 Å². The molecule has 3 rings (SSSR count). The van der Waals surface area contributed by atoms with Gasteiger partial charge in [-0.25, -0.2) is 4.39 Å². The summed E-state index contributed by atoms with van der Waals surface area (Å²) in [4.78, 5) is 16.3. The van der Waals surface area contributed by atoms with E-state index in [0.29, 0.717) is 12.0 Å². The highest BCUT2D eigenvalue weighted by atomic mass is 19.1. The highest BCUT2D eigenvalue weighted by Gasteiger charge is 2.31. The number of quaternary nitrogens is 1. The van der Waals surface area contributed by atoms with Gasteiger partial charge in [0, 0.05) is 11.7 Å². The van der Waals surface area contributed by atoms with Crippen molar-refractivity contribution in [3.05, 3.63) is 30.1 Å². The second-order valence-corrected chi connectivity index (χ2v) is 7.72. The van der Waals surface area contributed by atoms with Crippen molar-refractivity contribution >= 4 is 11.6 Å². The number of amides is 1. The number of nitrogens with one attached hydrogen (secondary N) is 2. The lowest BCUT2D eigenvalue weighted by molar-refractivity contribution is -0.914. The van der Waals surface area contributed by atoms with Gasteiger partial charge in [-0.15, -0.1) is 0 Å². The van der Waals surface area contributed by atoms with Crippen LogP contribution in [0.3, 0.4) is 0 Å². The van der Waals surface area contributed by atoms with Gasteiger partial charge in [0.1, 0.15) is 5.82 Å². The summed E-state index contributed by atoms with van der Waals surface area (Å²) in [7, 11) is 0. The maximum Gasteiger partial charge on any atom is 0.278 e. The number of nitrogens with zero attached hydrogens (tertiary/aromatic N) is 1. The Balaban J connectivity index is 1.49. The number of carbonyl (C=O) groups excluding carboxylic acids is 1. The predicted molar refractivity (Wildman–Crippen MR) is 98.3 cm³/mol. The summed E-state index contributed by atoms with van der Waals surface area (Å²) in [5.74, 6) is 0.592. The minimum atomic E-state index is -0.199. The van der Waals surface area contributed by atoms with E-state index >= 15 is 0 Å². The average molecular weight is 348 g/mol. The molecule has 0 aromatic heterocycles. The monoisotopic (exact) mass is 348 g/mol. The van der Waals surface area contributed by atoms with E-state index in [4.69, 9.17) is 0 Å². The molecule has 5 heteroatoms. The Morgan fingerprint density at radius 3 is 2.48 bits per heavy atom. The number of hydrogen-bond donors (Lipinski definition) is 2.